The Labute approximate surface area is 119 Å². The fraction of sp³-hybridized carbons (Fsp3) is 0.417. The van der Waals surface area contributed by atoms with Crippen molar-refractivity contribution in [3.8, 4) is 0 Å². The number of carbonyl (C=O) groups is 1. The number of aliphatic carboxylic acids is 1. The van der Waals surface area contributed by atoms with Gasteiger partial charge in [-0.05, 0) is 42.5 Å². The number of hydrogen-bond acceptors (Lipinski definition) is 4. The molecule has 1 aromatic carbocycles. The monoisotopic (exact) mass is 344 g/mol. The highest BCUT2D eigenvalue weighted by molar-refractivity contribution is 9.10. The number of halogens is 1. The second-order valence-electron chi connectivity index (χ2n) is 4.95. The Morgan fingerprint density at radius 3 is 2.53 bits per heavy atom. The van der Waals surface area contributed by atoms with Crippen molar-refractivity contribution in [3.63, 3.8) is 0 Å². The molecular weight excluding hydrogens is 334 g/mol. The predicted molar refractivity (Wildman–Crippen MR) is 68.4 cm³/mol. The molecule has 19 heavy (non-hydrogen) atoms. The van der Waals surface area contributed by atoms with Crippen molar-refractivity contribution in [3.05, 3.63) is 28.7 Å². The van der Waals surface area contributed by atoms with Gasteiger partial charge in [0.25, 0.3) is 0 Å². The fourth-order valence-electron chi connectivity index (χ4n) is 2.71. The van der Waals surface area contributed by atoms with E-state index in [1.54, 1.807) is 12.1 Å². The highest BCUT2D eigenvalue weighted by Gasteiger charge is 2.56. The summed E-state index contributed by atoms with van der Waals surface area (Å²) >= 11 is 3.23. The molecule has 1 saturated carbocycles. The van der Waals surface area contributed by atoms with Crippen molar-refractivity contribution in [1.82, 2.24) is 4.31 Å². The molecule has 3 atom stereocenters. The highest BCUT2D eigenvalue weighted by atomic mass is 79.9. The molecule has 1 aromatic rings. The van der Waals surface area contributed by atoms with Gasteiger partial charge in [-0.3, -0.25) is 0 Å². The van der Waals surface area contributed by atoms with Crippen molar-refractivity contribution in [2.75, 3.05) is 6.54 Å². The van der Waals surface area contributed by atoms with Crippen LogP contribution < -0.4 is 5.11 Å². The number of nitrogens with zero attached hydrogens (tertiary/aromatic N) is 1. The minimum Gasteiger partial charge on any atom is -0.548 e. The van der Waals surface area contributed by atoms with Crippen LogP contribution in [0.15, 0.2) is 33.6 Å². The van der Waals surface area contributed by atoms with E-state index in [4.69, 9.17) is 0 Å². The van der Waals surface area contributed by atoms with Crippen LogP contribution in [0.2, 0.25) is 0 Å². The minimum absolute atomic E-state index is 0.0739. The number of fused-ring (bicyclic) bond motifs is 1. The van der Waals surface area contributed by atoms with Crippen LogP contribution in [0.3, 0.4) is 0 Å². The number of carboxylic acids is 1. The van der Waals surface area contributed by atoms with Crippen LogP contribution in [-0.4, -0.2) is 31.3 Å². The van der Waals surface area contributed by atoms with Crippen LogP contribution in [-0.2, 0) is 14.8 Å². The summed E-state index contributed by atoms with van der Waals surface area (Å²) in [7, 11) is -3.76. The Morgan fingerprint density at radius 1 is 1.32 bits per heavy atom. The number of rotatable bonds is 3. The first-order valence-corrected chi connectivity index (χ1v) is 8.13. The first-order chi connectivity index (χ1) is 8.91. The van der Waals surface area contributed by atoms with Crippen molar-refractivity contribution in [2.24, 2.45) is 11.8 Å². The van der Waals surface area contributed by atoms with Crippen LogP contribution >= 0.6 is 15.9 Å². The summed E-state index contributed by atoms with van der Waals surface area (Å²) in [5.41, 5.74) is 0. The van der Waals surface area contributed by atoms with Crippen LogP contribution in [0.4, 0.5) is 0 Å². The van der Waals surface area contributed by atoms with E-state index in [9.17, 15) is 18.3 Å². The number of sulfonamides is 1. The Morgan fingerprint density at radius 2 is 1.95 bits per heavy atom. The quantitative estimate of drug-likeness (QED) is 0.785. The zero-order valence-electron chi connectivity index (χ0n) is 9.82. The van der Waals surface area contributed by atoms with Gasteiger partial charge in [-0.1, -0.05) is 15.9 Å². The van der Waals surface area contributed by atoms with Crippen LogP contribution in [0.25, 0.3) is 0 Å². The Hall–Kier alpha value is -0.920. The molecule has 7 heteroatoms. The van der Waals surface area contributed by atoms with Crippen LogP contribution in [0.5, 0.6) is 0 Å². The summed E-state index contributed by atoms with van der Waals surface area (Å²) in [4.78, 5) is 11.3. The highest BCUT2D eigenvalue weighted by Crippen LogP contribution is 2.50. The molecule has 0 spiro atoms. The molecule has 3 rings (SSSR count). The first kappa shape index (κ1) is 13.1. The standard InChI is InChI=1S/C12H12BrNO4S/c13-8-1-3-9(4-2-8)19(17,18)14-6-7-5-10(7)11(14)12(15)16/h1-4,7,10-11H,5-6H2,(H,15,16)/p-1/t7-,10-,11+/m0/s1. The second-order valence-corrected chi connectivity index (χ2v) is 7.76. The number of carbonyl (C=O) groups excluding carboxylic acids is 1. The fourth-order valence-corrected chi connectivity index (χ4v) is 4.65. The lowest BCUT2D eigenvalue weighted by Gasteiger charge is -2.27. The third kappa shape index (κ3) is 2.09. The lowest BCUT2D eigenvalue weighted by molar-refractivity contribution is -0.310. The van der Waals surface area contributed by atoms with Gasteiger partial charge in [-0.2, -0.15) is 4.31 Å². The maximum Gasteiger partial charge on any atom is 0.243 e. The van der Waals surface area contributed by atoms with Gasteiger partial charge in [0.05, 0.1) is 16.9 Å². The SMILES string of the molecule is O=C([O-])[C@H]1[C@H]2C[C@H]2CN1S(=O)(=O)c1ccc(Br)cc1. The molecule has 0 radical (unpaired) electrons. The molecule has 5 nitrogen and oxygen atoms in total. The topological polar surface area (TPSA) is 77.5 Å². The number of carboxylic acid groups (broad SMARTS) is 1. The summed E-state index contributed by atoms with van der Waals surface area (Å²) in [6, 6.07) is 5.17. The average molecular weight is 345 g/mol. The van der Waals surface area contributed by atoms with Gasteiger partial charge < -0.3 is 9.90 Å². The van der Waals surface area contributed by atoms with E-state index in [2.05, 4.69) is 15.9 Å². The molecule has 2 fully saturated rings. The predicted octanol–water partition coefficient (Wildman–Crippen LogP) is 0.208. The summed E-state index contributed by atoms with van der Waals surface area (Å²) in [6.45, 7) is 0.279. The Bertz CT molecular complexity index is 628. The van der Waals surface area contributed by atoms with Crippen LogP contribution in [0.1, 0.15) is 6.42 Å². The van der Waals surface area contributed by atoms with Gasteiger partial charge in [-0.15, -0.1) is 0 Å². The number of hydrogen-bond donors (Lipinski definition) is 0. The Kier molecular flexibility index (Phi) is 2.95. The molecule has 0 bridgehead atoms. The Balaban J connectivity index is 1.96. The summed E-state index contributed by atoms with van der Waals surface area (Å²) < 4.78 is 26.7. The van der Waals surface area contributed by atoms with E-state index in [1.807, 2.05) is 0 Å². The molecule has 1 aliphatic carbocycles. The van der Waals surface area contributed by atoms with Gasteiger partial charge in [-0.25, -0.2) is 8.42 Å². The molecule has 0 amide bonds. The van der Waals surface area contributed by atoms with Gasteiger partial charge in [0, 0.05) is 11.0 Å². The van der Waals surface area contributed by atoms with Gasteiger partial charge in [0.2, 0.25) is 10.0 Å². The maximum absolute atomic E-state index is 12.4. The minimum atomic E-state index is -3.76. The van der Waals surface area contributed by atoms with Crippen LogP contribution in [0, 0.1) is 11.8 Å². The summed E-state index contributed by atoms with van der Waals surface area (Å²) in [5.74, 6) is -1.20. The maximum atomic E-state index is 12.4. The van der Waals surface area contributed by atoms with Gasteiger partial charge in [0.15, 0.2) is 0 Å². The molecule has 0 aromatic heterocycles. The van der Waals surface area contributed by atoms with E-state index in [0.717, 1.165) is 15.2 Å². The van der Waals surface area contributed by atoms with E-state index in [-0.39, 0.29) is 23.3 Å². The first-order valence-electron chi connectivity index (χ1n) is 5.89. The van der Waals surface area contributed by atoms with E-state index in [0.29, 0.717) is 0 Å². The zero-order chi connectivity index (χ0) is 13.8. The van der Waals surface area contributed by atoms with Crippen molar-refractivity contribution < 1.29 is 18.3 Å². The lowest BCUT2D eigenvalue weighted by Crippen LogP contribution is -2.49. The molecule has 1 saturated heterocycles. The number of piperidine rings is 1. The molecular formula is C12H11BrNO4S-. The van der Waals surface area contributed by atoms with E-state index < -0.39 is 22.0 Å². The van der Waals surface area contributed by atoms with Crippen molar-refractivity contribution in [2.45, 2.75) is 17.4 Å². The zero-order valence-corrected chi connectivity index (χ0v) is 12.2. The van der Waals surface area contributed by atoms with Gasteiger partial charge >= 0.3 is 0 Å². The summed E-state index contributed by atoms with van der Waals surface area (Å²) in [6.07, 6.45) is 0.783. The van der Waals surface area contributed by atoms with Crippen molar-refractivity contribution >= 4 is 31.9 Å². The molecule has 1 aliphatic heterocycles. The van der Waals surface area contributed by atoms with Crippen molar-refractivity contribution in [1.29, 1.82) is 0 Å². The normalized spacial score (nSPS) is 30.1. The number of benzene rings is 1. The largest absolute Gasteiger partial charge is 0.548 e. The molecule has 0 N–H and O–H groups in total. The lowest BCUT2D eigenvalue weighted by atomic mass is 10.2. The smallest absolute Gasteiger partial charge is 0.243 e. The van der Waals surface area contributed by atoms with Gasteiger partial charge in [0.1, 0.15) is 0 Å². The average Bonchev–Trinajstić information content (AvgIpc) is 2.99. The molecule has 102 valence electrons. The van der Waals surface area contributed by atoms with E-state index in [1.165, 1.54) is 12.1 Å². The summed E-state index contributed by atoms with van der Waals surface area (Å²) in [5, 5.41) is 11.2. The molecule has 0 unspecified atom stereocenters. The molecule has 1 heterocycles. The third-order valence-electron chi connectivity index (χ3n) is 3.77. The third-order valence-corrected chi connectivity index (χ3v) is 6.16. The van der Waals surface area contributed by atoms with E-state index >= 15 is 0 Å². The second kappa shape index (κ2) is 4.29. The molecule has 2 aliphatic rings.